The van der Waals surface area contributed by atoms with Crippen LogP contribution >= 0.6 is 27.3 Å². The van der Waals surface area contributed by atoms with Gasteiger partial charge in [0, 0.05) is 17.9 Å². The molecule has 0 aromatic carbocycles. The van der Waals surface area contributed by atoms with E-state index in [0.717, 1.165) is 10.2 Å². The first-order valence-electron chi connectivity index (χ1n) is 6.20. The molecule has 1 amide bonds. The third-order valence-electron chi connectivity index (χ3n) is 4.53. The minimum atomic E-state index is -0.883. The first kappa shape index (κ1) is 13.5. The lowest BCUT2D eigenvalue weighted by Gasteiger charge is -2.60. The summed E-state index contributed by atoms with van der Waals surface area (Å²) in [6.07, 6.45) is 2.60. The SMILES string of the molecule is CC1(C)C2OCCC2C1(N)C(=O)Nc1ncc(Br)s1. The molecule has 1 aliphatic carbocycles. The molecule has 104 valence electrons. The summed E-state index contributed by atoms with van der Waals surface area (Å²) in [7, 11) is 0. The first-order valence-corrected chi connectivity index (χ1v) is 7.81. The third kappa shape index (κ3) is 1.72. The van der Waals surface area contributed by atoms with E-state index in [1.807, 2.05) is 13.8 Å². The maximum absolute atomic E-state index is 12.5. The van der Waals surface area contributed by atoms with Gasteiger partial charge in [-0.3, -0.25) is 4.79 Å². The van der Waals surface area contributed by atoms with Crippen molar-refractivity contribution >= 4 is 38.3 Å². The van der Waals surface area contributed by atoms with Crippen LogP contribution in [0.2, 0.25) is 0 Å². The van der Waals surface area contributed by atoms with Crippen molar-refractivity contribution in [3.05, 3.63) is 9.98 Å². The molecule has 1 saturated heterocycles. The monoisotopic (exact) mass is 345 g/mol. The summed E-state index contributed by atoms with van der Waals surface area (Å²) in [6, 6.07) is 0. The molecule has 3 rings (SSSR count). The number of fused-ring (bicyclic) bond motifs is 1. The number of aromatic nitrogens is 1. The van der Waals surface area contributed by atoms with Crippen molar-refractivity contribution < 1.29 is 9.53 Å². The molecule has 1 aromatic rings. The van der Waals surface area contributed by atoms with E-state index in [1.165, 1.54) is 11.3 Å². The molecule has 5 nitrogen and oxygen atoms in total. The summed E-state index contributed by atoms with van der Waals surface area (Å²) < 4.78 is 6.57. The van der Waals surface area contributed by atoms with Gasteiger partial charge in [-0.2, -0.15) is 0 Å². The molecule has 2 fully saturated rings. The Hall–Kier alpha value is -0.500. The second-order valence-electron chi connectivity index (χ2n) is 5.70. The van der Waals surface area contributed by atoms with Crippen LogP contribution in [-0.2, 0) is 9.53 Å². The number of ether oxygens (including phenoxy) is 1. The molecule has 1 saturated carbocycles. The number of amides is 1. The Morgan fingerprint density at radius 1 is 1.68 bits per heavy atom. The molecule has 2 heterocycles. The number of nitrogens with zero attached hydrogens (tertiary/aromatic N) is 1. The van der Waals surface area contributed by atoms with Crippen molar-refractivity contribution in [2.24, 2.45) is 17.1 Å². The quantitative estimate of drug-likeness (QED) is 0.859. The highest BCUT2D eigenvalue weighted by Gasteiger charge is 2.71. The molecule has 3 unspecified atom stereocenters. The number of carbonyl (C=O) groups is 1. The van der Waals surface area contributed by atoms with Gasteiger partial charge in [0.1, 0.15) is 5.54 Å². The maximum Gasteiger partial charge on any atom is 0.247 e. The molecular weight excluding hydrogens is 330 g/mol. The van der Waals surface area contributed by atoms with Crippen molar-refractivity contribution in [1.82, 2.24) is 4.98 Å². The molecule has 0 spiro atoms. The third-order valence-corrected chi connectivity index (χ3v) is 5.92. The van der Waals surface area contributed by atoms with Crippen molar-refractivity contribution in [2.45, 2.75) is 31.9 Å². The minimum absolute atomic E-state index is 0.0891. The van der Waals surface area contributed by atoms with E-state index in [9.17, 15) is 4.79 Å². The van der Waals surface area contributed by atoms with E-state index >= 15 is 0 Å². The van der Waals surface area contributed by atoms with E-state index < -0.39 is 5.54 Å². The van der Waals surface area contributed by atoms with Gasteiger partial charge < -0.3 is 15.8 Å². The van der Waals surface area contributed by atoms with Crippen LogP contribution in [0, 0.1) is 11.3 Å². The van der Waals surface area contributed by atoms with Gasteiger partial charge in [-0.15, -0.1) is 0 Å². The van der Waals surface area contributed by atoms with Crippen molar-refractivity contribution in [3.63, 3.8) is 0 Å². The highest BCUT2D eigenvalue weighted by Crippen LogP contribution is 2.58. The Kier molecular flexibility index (Phi) is 3.01. The van der Waals surface area contributed by atoms with Gasteiger partial charge in [-0.25, -0.2) is 4.98 Å². The Balaban J connectivity index is 1.82. The molecule has 7 heteroatoms. The van der Waals surface area contributed by atoms with E-state index in [2.05, 4.69) is 26.2 Å². The van der Waals surface area contributed by atoms with E-state index in [1.54, 1.807) is 6.20 Å². The van der Waals surface area contributed by atoms with Crippen LogP contribution in [0.5, 0.6) is 0 Å². The van der Waals surface area contributed by atoms with Gasteiger partial charge in [-0.1, -0.05) is 25.2 Å². The fraction of sp³-hybridized carbons (Fsp3) is 0.667. The zero-order chi connectivity index (χ0) is 13.8. The van der Waals surface area contributed by atoms with Gasteiger partial charge in [0.05, 0.1) is 16.1 Å². The summed E-state index contributed by atoms with van der Waals surface area (Å²) in [5, 5.41) is 3.40. The second kappa shape index (κ2) is 4.25. The van der Waals surface area contributed by atoms with E-state index in [0.29, 0.717) is 11.7 Å². The van der Waals surface area contributed by atoms with Crippen molar-refractivity contribution in [3.8, 4) is 0 Å². The Morgan fingerprint density at radius 2 is 2.42 bits per heavy atom. The number of anilines is 1. The molecule has 3 N–H and O–H groups in total. The minimum Gasteiger partial charge on any atom is -0.377 e. The van der Waals surface area contributed by atoms with Crippen LogP contribution in [0.3, 0.4) is 0 Å². The van der Waals surface area contributed by atoms with E-state index in [-0.39, 0.29) is 23.3 Å². The van der Waals surface area contributed by atoms with Gasteiger partial charge >= 0.3 is 0 Å². The van der Waals surface area contributed by atoms with Crippen LogP contribution in [0.15, 0.2) is 9.98 Å². The van der Waals surface area contributed by atoms with Crippen molar-refractivity contribution in [1.29, 1.82) is 0 Å². The Labute approximate surface area is 124 Å². The van der Waals surface area contributed by atoms with Gasteiger partial charge in [-0.05, 0) is 22.4 Å². The molecule has 19 heavy (non-hydrogen) atoms. The number of nitrogens with two attached hydrogens (primary N) is 1. The number of hydrogen-bond donors (Lipinski definition) is 2. The molecule has 1 aromatic heterocycles. The highest BCUT2D eigenvalue weighted by atomic mass is 79.9. The Bertz CT molecular complexity index is 533. The number of thiazole rings is 1. The predicted molar refractivity (Wildman–Crippen MR) is 77.0 cm³/mol. The lowest BCUT2D eigenvalue weighted by molar-refractivity contribution is -0.170. The smallest absolute Gasteiger partial charge is 0.247 e. The number of hydrogen-bond acceptors (Lipinski definition) is 5. The highest BCUT2D eigenvalue weighted by molar-refractivity contribution is 9.11. The average Bonchev–Trinajstić information content (AvgIpc) is 2.96. The summed E-state index contributed by atoms with van der Waals surface area (Å²) in [6.45, 7) is 4.68. The summed E-state index contributed by atoms with van der Waals surface area (Å²) in [5.41, 5.74) is 5.20. The van der Waals surface area contributed by atoms with Crippen LogP contribution in [0.25, 0.3) is 0 Å². The molecule has 1 aliphatic heterocycles. The zero-order valence-electron chi connectivity index (χ0n) is 10.8. The lowest BCUT2D eigenvalue weighted by atomic mass is 9.48. The zero-order valence-corrected chi connectivity index (χ0v) is 13.2. The fourth-order valence-corrected chi connectivity index (χ4v) is 4.46. The normalized spacial score (nSPS) is 35.6. The van der Waals surface area contributed by atoms with Crippen LogP contribution < -0.4 is 11.1 Å². The van der Waals surface area contributed by atoms with Crippen LogP contribution in [-0.4, -0.2) is 29.1 Å². The fourth-order valence-electron chi connectivity index (χ4n) is 3.36. The second-order valence-corrected chi connectivity index (χ2v) is 8.11. The number of nitrogens with one attached hydrogen (secondary N) is 1. The standard InChI is InChI=1S/C12H16BrN3O2S/c1-11(2)8-6(3-4-18-8)12(11,14)9(17)16-10-15-5-7(13)19-10/h5-6,8H,3-4,14H2,1-2H3,(H,15,16,17). The summed E-state index contributed by atoms with van der Waals surface area (Å²) in [5.74, 6) is -0.0583. The topological polar surface area (TPSA) is 77.2 Å². The first-order chi connectivity index (χ1) is 8.87. The number of halogens is 1. The molecule has 2 aliphatic rings. The average molecular weight is 346 g/mol. The predicted octanol–water partition coefficient (Wildman–Crippen LogP) is 1.99. The van der Waals surface area contributed by atoms with Gasteiger partial charge in [0.15, 0.2) is 5.13 Å². The van der Waals surface area contributed by atoms with Crippen molar-refractivity contribution in [2.75, 3.05) is 11.9 Å². The van der Waals surface area contributed by atoms with Crippen LogP contribution in [0.1, 0.15) is 20.3 Å². The van der Waals surface area contributed by atoms with Gasteiger partial charge in [0.2, 0.25) is 5.91 Å². The summed E-state index contributed by atoms with van der Waals surface area (Å²) >= 11 is 4.70. The Morgan fingerprint density at radius 3 is 3.05 bits per heavy atom. The molecule has 0 bridgehead atoms. The van der Waals surface area contributed by atoms with Crippen LogP contribution in [0.4, 0.5) is 5.13 Å². The van der Waals surface area contributed by atoms with Gasteiger partial charge in [0.25, 0.3) is 0 Å². The molecule has 0 radical (unpaired) electrons. The number of carbonyl (C=O) groups excluding carboxylic acids is 1. The van der Waals surface area contributed by atoms with E-state index in [4.69, 9.17) is 10.5 Å². The summed E-state index contributed by atoms with van der Waals surface area (Å²) in [4.78, 5) is 16.7. The molecule has 3 atom stereocenters. The maximum atomic E-state index is 12.5. The largest absolute Gasteiger partial charge is 0.377 e. The lowest BCUT2D eigenvalue weighted by Crippen LogP contribution is -2.79. The number of rotatable bonds is 2. The molecular formula is C12H16BrN3O2S.